The lowest BCUT2D eigenvalue weighted by Crippen LogP contribution is -2.40. The Labute approximate surface area is 129 Å². The maximum atomic E-state index is 11.9. The first-order valence-electron chi connectivity index (χ1n) is 6.52. The molecule has 1 rings (SSSR count). The number of halogens is 1. The summed E-state index contributed by atoms with van der Waals surface area (Å²) < 4.78 is 10.3. The number of hydrogen-bond acceptors (Lipinski definition) is 4. The summed E-state index contributed by atoms with van der Waals surface area (Å²) in [6, 6.07) is 2.58. The van der Waals surface area contributed by atoms with Gasteiger partial charge in [-0.15, -0.1) is 0 Å². The van der Waals surface area contributed by atoms with Gasteiger partial charge in [-0.3, -0.25) is 0 Å². The number of aliphatic hydroxyl groups is 1. The number of carbonyl (C=O) groups excluding carboxylic acids is 1. The Bertz CT molecular complexity index is 496. The van der Waals surface area contributed by atoms with Crippen LogP contribution in [0.2, 0.25) is 5.02 Å². The number of ether oxygens (including phenoxy) is 2. The molecular weight excluding hydrogens is 296 g/mol. The van der Waals surface area contributed by atoms with E-state index in [0.29, 0.717) is 22.2 Å². The van der Waals surface area contributed by atoms with Crippen LogP contribution in [0.5, 0.6) is 11.5 Å². The minimum atomic E-state index is -0.401. The summed E-state index contributed by atoms with van der Waals surface area (Å²) in [6.07, 6.45) is 0. The monoisotopic (exact) mass is 316 g/mol. The van der Waals surface area contributed by atoms with Gasteiger partial charge in [-0.1, -0.05) is 18.5 Å². The van der Waals surface area contributed by atoms with E-state index in [1.165, 1.54) is 14.2 Å². The molecule has 0 saturated heterocycles. The van der Waals surface area contributed by atoms with E-state index in [1.807, 2.05) is 13.8 Å². The van der Waals surface area contributed by atoms with E-state index in [-0.39, 0.29) is 18.6 Å². The van der Waals surface area contributed by atoms with Crippen LogP contribution in [-0.4, -0.2) is 38.0 Å². The number of urea groups is 1. The van der Waals surface area contributed by atoms with Crippen LogP contribution in [0.3, 0.4) is 0 Å². The number of hydrogen-bond donors (Lipinski definition) is 3. The van der Waals surface area contributed by atoms with Crippen LogP contribution in [-0.2, 0) is 0 Å². The van der Waals surface area contributed by atoms with Crippen LogP contribution < -0.4 is 20.1 Å². The fourth-order valence-corrected chi connectivity index (χ4v) is 1.86. The first-order valence-corrected chi connectivity index (χ1v) is 6.90. The highest BCUT2D eigenvalue weighted by Gasteiger charge is 2.16. The molecule has 21 heavy (non-hydrogen) atoms. The molecule has 0 aromatic heterocycles. The van der Waals surface area contributed by atoms with E-state index >= 15 is 0 Å². The fraction of sp³-hybridized carbons (Fsp3) is 0.500. The molecule has 0 fully saturated rings. The summed E-state index contributed by atoms with van der Waals surface area (Å²) in [7, 11) is 2.99. The average Bonchev–Trinajstić information content (AvgIpc) is 2.46. The lowest BCUT2D eigenvalue weighted by Gasteiger charge is -2.20. The van der Waals surface area contributed by atoms with Crippen LogP contribution >= 0.6 is 11.6 Å². The maximum absolute atomic E-state index is 11.9. The van der Waals surface area contributed by atoms with Crippen molar-refractivity contribution in [2.24, 2.45) is 5.92 Å². The number of nitrogens with one attached hydrogen (secondary N) is 2. The zero-order valence-electron chi connectivity index (χ0n) is 12.6. The molecule has 3 N–H and O–H groups in total. The third-order valence-electron chi connectivity index (χ3n) is 3.22. The molecule has 0 radical (unpaired) electrons. The lowest BCUT2D eigenvalue weighted by atomic mass is 10.1. The average molecular weight is 317 g/mol. The highest BCUT2D eigenvalue weighted by molar-refractivity contribution is 6.32. The number of carbonyl (C=O) groups is 1. The quantitative estimate of drug-likeness (QED) is 0.753. The van der Waals surface area contributed by atoms with Gasteiger partial charge in [-0.2, -0.15) is 0 Å². The summed E-state index contributed by atoms with van der Waals surface area (Å²) in [6.45, 7) is 3.66. The zero-order chi connectivity index (χ0) is 16.0. The van der Waals surface area contributed by atoms with Gasteiger partial charge in [-0.05, 0) is 18.9 Å². The first-order chi connectivity index (χ1) is 9.92. The second-order valence-electron chi connectivity index (χ2n) is 4.73. The molecule has 118 valence electrons. The molecule has 6 nitrogen and oxygen atoms in total. The lowest BCUT2D eigenvalue weighted by molar-refractivity contribution is 0.204. The summed E-state index contributed by atoms with van der Waals surface area (Å²) in [5.41, 5.74) is 0.435. The van der Waals surface area contributed by atoms with E-state index < -0.39 is 6.03 Å². The molecule has 0 bridgehead atoms. The Balaban J connectivity index is 2.82. The van der Waals surface area contributed by atoms with Gasteiger partial charge in [0.15, 0.2) is 0 Å². The maximum Gasteiger partial charge on any atom is 0.319 e. The molecule has 0 saturated carbocycles. The summed E-state index contributed by atoms with van der Waals surface area (Å²) in [5.74, 6) is 0.855. The Morgan fingerprint density at radius 3 is 2.43 bits per heavy atom. The second kappa shape index (κ2) is 7.95. The van der Waals surface area contributed by atoms with E-state index in [0.717, 1.165) is 0 Å². The zero-order valence-corrected chi connectivity index (χ0v) is 13.3. The normalized spacial score (nSPS) is 13.2. The van der Waals surface area contributed by atoms with Crippen molar-refractivity contribution < 1.29 is 19.4 Å². The van der Waals surface area contributed by atoms with Crippen molar-refractivity contribution in [1.29, 1.82) is 0 Å². The number of aliphatic hydroxyl groups excluding tert-OH is 1. The SMILES string of the molecule is COc1cc(OC)c(NC(=O)N[C@@H](C)[C@@H](C)CO)cc1Cl. The second-order valence-corrected chi connectivity index (χ2v) is 5.14. The Morgan fingerprint density at radius 1 is 1.29 bits per heavy atom. The van der Waals surface area contributed by atoms with Gasteiger partial charge in [0.1, 0.15) is 11.5 Å². The smallest absolute Gasteiger partial charge is 0.319 e. The van der Waals surface area contributed by atoms with Crippen molar-refractivity contribution in [1.82, 2.24) is 5.32 Å². The standard InChI is InChI=1S/C14H21ClN2O4/c1-8(7-18)9(2)16-14(19)17-11-5-10(15)12(20-3)6-13(11)21-4/h5-6,8-9,18H,7H2,1-4H3,(H2,16,17,19)/t8-,9-/m0/s1. The Morgan fingerprint density at radius 2 is 1.90 bits per heavy atom. The van der Waals surface area contributed by atoms with E-state index in [2.05, 4.69) is 10.6 Å². The molecule has 0 spiro atoms. The highest BCUT2D eigenvalue weighted by atomic mass is 35.5. The Hall–Kier alpha value is -1.66. The molecule has 0 aliphatic heterocycles. The molecule has 1 aromatic carbocycles. The number of amides is 2. The van der Waals surface area contributed by atoms with Gasteiger partial charge in [-0.25, -0.2) is 4.79 Å². The van der Waals surface area contributed by atoms with Crippen LogP contribution in [0.15, 0.2) is 12.1 Å². The summed E-state index contributed by atoms with van der Waals surface area (Å²) >= 11 is 6.04. The van der Waals surface area contributed by atoms with Gasteiger partial charge in [0, 0.05) is 18.7 Å². The summed E-state index contributed by atoms with van der Waals surface area (Å²) in [4.78, 5) is 11.9. The fourth-order valence-electron chi connectivity index (χ4n) is 1.62. The summed E-state index contributed by atoms with van der Waals surface area (Å²) in [5, 5.41) is 14.8. The van der Waals surface area contributed by atoms with E-state index in [1.54, 1.807) is 12.1 Å². The predicted octanol–water partition coefficient (Wildman–Crippen LogP) is 2.50. The van der Waals surface area contributed by atoms with Gasteiger partial charge in [0.2, 0.25) is 0 Å². The first kappa shape index (κ1) is 17.4. The molecule has 0 heterocycles. The van der Waals surface area contributed by atoms with Gasteiger partial charge in [0.25, 0.3) is 0 Å². The Kier molecular flexibility index (Phi) is 6.58. The van der Waals surface area contributed by atoms with Gasteiger partial charge < -0.3 is 25.2 Å². The number of methoxy groups -OCH3 is 2. The third-order valence-corrected chi connectivity index (χ3v) is 3.52. The predicted molar refractivity (Wildman–Crippen MR) is 82.4 cm³/mol. The van der Waals surface area contributed by atoms with E-state index in [9.17, 15) is 4.79 Å². The third kappa shape index (κ3) is 4.68. The van der Waals surface area contributed by atoms with E-state index in [4.69, 9.17) is 26.2 Å². The topological polar surface area (TPSA) is 79.8 Å². The van der Waals surface area contributed by atoms with Crippen molar-refractivity contribution >= 4 is 23.3 Å². The molecule has 7 heteroatoms. The number of benzene rings is 1. The van der Waals surface area contributed by atoms with Crippen molar-refractivity contribution in [3.8, 4) is 11.5 Å². The van der Waals surface area contributed by atoms with Gasteiger partial charge >= 0.3 is 6.03 Å². The number of anilines is 1. The largest absolute Gasteiger partial charge is 0.495 e. The molecular formula is C14H21ClN2O4. The van der Waals surface area contributed by atoms with Crippen LogP contribution in [0.4, 0.5) is 10.5 Å². The molecule has 0 unspecified atom stereocenters. The van der Waals surface area contributed by atoms with Crippen molar-refractivity contribution in [2.75, 3.05) is 26.1 Å². The van der Waals surface area contributed by atoms with Crippen LogP contribution in [0.1, 0.15) is 13.8 Å². The molecule has 0 aliphatic carbocycles. The minimum absolute atomic E-state index is 0.000861. The molecule has 2 atom stereocenters. The highest BCUT2D eigenvalue weighted by Crippen LogP contribution is 2.35. The molecule has 2 amide bonds. The number of rotatable bonds is 6. The van der Waals surface area contributed by atoms with Crippen LogP contribution in [0, 0.1) is 5.92 Å². The minimum Gasteiger partial charge on any atom is -0.495 e. The van der Waals surface area contributed by atoms with Gasteiger partial charge in [0.05, 0.1) is 24.9 Å². The van der Waals surface area contributed by atoms with Crippen molar-refractivity contribution in [2.45, 2.75) is 19.9 Å². The van der Waals surface area contributed by atoms with Crippen molar-refractivity contribution in [3.63, 3.8) is 0 Å². The van der Waals surface area contributed by atoms with Crippen LogP contribution in [0.25, 0.3) is 0 Å². The van der Waals surface area contributed by atoms with Crippen molar-refractivity contribution in [3.05, 3.63) is 17.2 Å². The molecule has 0 aliphatic rings. The molecule has 1 aromatic rings.